The highest BCUT2D eigenvalue weighted by Gasteiger charge is 2.06. The summed E-state index contributed by atoms with van der Waals surface area (Å²) in [7, 11) is 0. The second kappa shape index (κ2) is 6.96. The van der Waals surface area contributed by atoms with Gasteiger partial charge in [-0.2, -0.15) is 0 Å². The monoisotopic (exact) mass is 289 g/mol. The molecule has 0 unspecified atom stereocenters. The Labute approximate surface area is 123 Å². The number of pyridine rings is 1. The van der Waals surface area contributed by atoms with Gasteiger partial charge in [-0.1, -0.05) is 18.2 Å². The Morgan fingerprint density at radius 1 is 1.30 bits per heavy atom. The van der Waals surface area contributed by atoms with Crippen LogP contribution in [0.2, 0.25) is 0 Å². The number of nitrogens with one attached hydrogen (secondary N) is 2. The van der Waals surface area contributed by atoms with Crippen LogP contribution in [0, 0.1) is 5.82 Å². The normalized spacial score (nSPS) is 11.7. The average Bonchev–Trinajstić information content (AvgIpc) is 2.47. The van der Waals surface area contributed by atoms with Crippen molar-refractivity contribution in [2.75, 3.05) is 0 Å². The fraction of sp³-hybridized carbons (Fsp3) is 0.200. The summed E-state index contributed by atoms with van der Waals surface area (Å²) in [6.07, 6.45) is 3.54. The molecular weight excluding hydrogens is 273 g/mol. The fourth-order valence-corrected chi connectivity index (χ4v) is 2.00. The van der Waals surface area contributed by atoms with Crippen LogP contribution in [0.3, 0.4) is 0 Å². The van der Waals surface area contributed by atoms with E-state index in [4.69, 9.17) is 12.2 Å². The maximum Gasteiger partial charge on any atom is 0.167 e. The van der Waals surface area contributed by atoms with Crippen molar-refractivity contribution in [3.63, 3.8) is 0 Å². The molecule has 2 rings (SSSR count). The third kappa shape index (κ3) is 4.28. The highest BCUT2D eigenvalue weighted by atomic mass is 32.1. The molecule has 0 spiro atoms. The molecule has 1 aromatic carbocycles. The van der Waals surface area contributed by atoms with Gasteiger partial charge in [0, 0.05) is 18.9 Å². The van der Waals surface area contributed by atoms with Crippen molar-refractivity contribution in [3.05, 3.63) is 65.7 Å². The number of hydrogen-bond donors (Lipinski definition) is 2. The summed E-state index contributed by atoms with van der Waals surface area (Å²) in [5.74, 6) is -0.236. The molecule has 1 aromatic heterocycles. The average molecular weight is 289 g/mol. The van der Waals surface area contributed by atoms with E-state index < -0.39 is 0 Å². The highest BCUT2D eigenvalue weighted by Crippen LogP contribution is 2.09. The zero-order valence-corrected chi connectivity index (χ0v) is 12.0. The van der Waals surface area contributed by atoms with E-state index in [1.165, 1.54) is 12.1 Å². The minimum atomic E-state index is -0.236. The van der Waals surface area contributed by atoms with Gasteiger partial charge in [0.1, 0.15) is 5.82 Å². The largest absolute Gasteiger partial charge is 0.359 e. The minimum absolute atomic E-state index is 0.0805. The number of halogens is 1. The summed E-state index contributed by atoms with van der Waals surface area (Å²) in [5, 5.41) is 6.84. The Balaban J connectivity index is 1.82. The van der Waals surface area contributed by atoms with Crippen LogP contribution in [0.4, 0.5) is 4.39 Å². The first-order valence-electron chi connectivity index (χ1n) is 6.34. The van der Waals surface area contributed by atoms with E-state index in [1.54, 1.807) is 24.5 Å². The van der Waals surface area contributed by atoms with Crippen molar-refractivity contribution in [3.8, 4) is 0 Å². The summed E-state index contributed by atoms with van der Waals surface area (Å²) in [5.41, 5.74) is 2.04. The second-order valence-electron chi connectivity index (χ2n) is 4.46. The van der Waals surface area contributed by atoms with Crippen molar-refractivity contribution in [2.45, 2.75) is 19.5 Å². The molecule has 20 heavy (non-hydrogen) atoms. The van der Waals surface area contributed by atoms with E-state index in [0.717, 1.165) is 11.1 Å². The molecule has 5 heteroatoms. The van der Waals surface area contributed by atoms with E-state index in [0.29, 0.717) is 11.7 Å². The van der Waals surface area contributed by atoms with Crippen LogP contribution in [0.1, 0.15) is 24.1 Å². The van der Waals surface area contributed by atoms with E-state index in [9.17, 15) is 4.39 Å². The second-order valence-corrected chi connectivity index (χ2v) is 4.87. The van der Waals surface area contributed by atoms with Crippen LogP contribution in [0.25, 0.3) is 0 Å². The molecule has 0 bridgehead atoms. The molecule has 104 valence electrons. The van der Waals surface area contributed by atoms with Crippen LogP contribution in [0.15, 0.2) is 48.8 Å². The van der Waals surface area contributed by atoms with E-state index >= 15 is 0 Å². The van der Waals surface area contributed by atoms with Crippen molar-refractivity contribution < 1.29 is 4.39 Å². The number of nitrogens with zero attached hydrogens (tertiary/aromatic N) is 1. The first-order valence-corrected chi connectivity index (χ1v) is 6.74. The first-order chi connectivity index (χ1) is 9.65. The molecule has 0 saturated heterocycles. The summed E-state index contributed by atoms with van der Waals surface area (Å²) in [6, 6.07) is 10.3. The van der Waals surface area contributed by atoms with Gasteiger partial charge < -0.3 is 10.6 Å². The number of aromatic nitrogens is 1. The predicted octanol–water partition coefficient (Wildman–Crippen LogP) is 2.95. The summed E-state index contributed by atoms with van der Waals surface area (Å²) in [6.45, 7) is 2.58. The predicted molar refractivity (Wildman–Crippen MR) is 81.6 cm³/mol. The van der Waals surface area contributed by atoms with Crippen LogP contribution in [-0.4, -0.2) is 10.1 Å². The van der Waals surface area contributed by atoms with Gasteiger partial charge >= 0.3 is 0 Å². The van der Waals surface area contributed by atoms with Gasteiger partial charge in [-0.05, 0) is 48.5 Å². The van der Waals surface area contributed by atoms with E-state index in [-0.39, 0.29) is 11.9 Å². The number of hydrogen-bond acceptors (Lipinski definition) is 2. The summed E-state index contributed by atoms with van der Waals surface area (Å²) >= 11 is 5.24. The van der Waals surface area contributed by atoms with Gasteiger partial charge in [0.05, 0.1) is 6.04 Å². The van der Waals surface area contributed by atoms with Crippen molar-refractivity contribution >= 4 is 17.3 Å². The summed E-state index contributed by atoms with van der Waals surface area (Å²) in [4.78, 5) is 4.08. The Hall–Kier alpha value is -2.01. The van der Waals surface area contributed by atoms with Gasteiger partial charge in [0.15, 0.2) is 5.11 Å². The molecule has 1 atom stereocenters. The molecule has 1 heterocycles. The molecule has 0 aliphatic rings. The Bertz CT molecular complexity index is 557. The first kappa shape index (κ1) is 14.4. The Morgan fingerprint density at radius 3 is 2.70 bits per heavy atom. The molecule has 0 aliphatic heterocycles. The van der Waals surface area contributed by atoms with E-state index in [1.807, 2.05) is 19.1 Å². The smallest absolute Gasteiger partial charge is 0.167 e. The number of rotatable bonds is 4. The van der Waals surface area contributed by atoms with Crippen molar-refractivity contribution in [1.82, 2.24) is 15.6 Å². The third-order valence-corrected chi connectivity index (χ3v) is 3.16. The van der Waals surface area contributed by atoms with Gasteiger partial charge in [-0.15, -0.1) is 0 Å². The van der Waals surface area contributed by atoms with Gasteiger partial charge in [-0.25, -0.2) is 4.39 Å². The Kier molecular flexibility index (Phi) is 5.01. The van der Waals surface area contributed by atoms with Gasteiger partial charge in [0.25, 0.3) is 0 Å². The molecule has 0 saturated carbocycles. The maximum absolute atomic E-state index is 12.8. The zero-order valence-electron chi connectivity index (χ0n) is 11.1. The van der Waals surface area contributed by atoms with Gasteiger partial charge in [0.2, 0.25) is 0 Å². The number of benzene rings is 1. The quantitative estimate of drug-likeness (QED) is 0.849. The minimum Gasteiger partial charge on any atom is -0.359 e. The van der Waals surface area contributed by atoms with Crippen LogP contribution in [0.5, 0.6) is 0 Å². The fourth-order valence-electron chi connectivity index (χ4n) is 1.75. The molecule has 0 fully saturated rings. The van der Waals surface area contributed by atoms with Crippen molar-refractivity contribution in [1.29, 1.82) is 0 Å². The Morgan fingerprint density at radius 2 is 2.05 bits per heavy atom. The van der Waals surface area contributed by atoms with Crippen LogP contribution in [-0.2, 0) is 6.54 Å². The lowest BCUT2D eigenvalue weighted by Crippen LogP contribution is -2.36. The number of thiocarbonyl (C=S) groups is 1. The maximum atomic E-state index is 12.8. The topological polar surface area (TPSA) is 37.0 Å². The van der Waals surface area contributed by atoms with Crippen LogP contribution >= 0.6 is 12.2 Å². The molecule has 2 N–H and O–H groups in total. The lowest BCUT2D eigenvalue weighted by atomic mass is 10.1. The molecule has 3 nitrogen and oxygen atoms in total. The summed E-state index contributed by atoms with van der Waals surface area (Å²) < 4.78 is 12.8. The van der Waals surface area contributed by atoms with E-state index in [2.05, 4.69) is 15.6 Å². The molecule has 0 aliphatic carbocycles. The lowest BCUT2D eigenvalue weighted by Gasteiger charge is -2.17. The molecular formula is C15H16FN3S. The van der Waals surface area contributed by atoms with Crippen molar-refractivity contribution in [2.24, 2.45) is 0 Å². The van der Waals surface area contributed by atoms with Crippen LogP contribution < -0.4 is 10.6 Å². The van der Waals surface area contributed by atoms with Gasteiger partial charge in [-0.3, -0.25) is 4.98 Å². The molecule has 0 radical (unpaired) electrons. The third-order valence-electron chi connectivity index (χ3n) is 2.90. The SMILES string of the molecule is C[C@@H](NC(=S)NCc1ccc(F)cc1)c1cccnc1. The molecule has 0 amide bonds. The zero-order chi connectivity index (χ0) is 14.4. The lowest BCUT2D eigenvalue weighted by molar-refractivity contribution is 0.626. The molecule has 2 aromatic rings. The standard InChI is InChI=1S/C15H16FN3S/c1-11(13-3-2-8-17-10-13)19-15(20)18-9-12-4-6-14(16)7-5-12/h2-8,10-11H,9H2,1H3,(H2,18,19,20)/t11-/m1/s1. The highest BCUT2D eigenvalue weighted by molar-refractivity contribution is 7.80.